The normalized spacial score (nSPS) is 11.8. The monoisotopic (exact) mass is 379 g/mol. The standard InChI is InChI=1S/C18H17F4N5/c1-10(2)25-17-26-15-11(5-4-8-23-15)16(27-17)24-9-12-13(18(20,21)22)6-3-7-14(12)19/h3-8,10H,9H2,1-2H3,(H2,23,24,25,26,27). The van der Waals surface area contributed by atoms with Crippen molar-refractivity contribution in [1.29, 1.82) is 0 Å². The van der Waals surface area contributed by atoms with Gasteiger partial charge in [-0.2, -0.15) is 23.1 Å². The second kappa shape index (κ2) is 7.34. The molecule has 2 aromatic heterocycles. The van der Waals surface area contributed by atoms with E-state index in [4.69, 9.17) is 0 Å². The summed E-state index contributed by atoms with van der Waals surface area (Å²) in [7, 11) is 0. The van der Waals surface area contributed by atoms with E-state index >= 15 is 0 Å². The van der Waals surface area contributed by atoms with Crippen molar-refractivity contribution in [3.8, 4) is 0 Å². The van der Waals surface area contributed by atoms with Crippen molar-refractivity contribution in [2.24, 2.45) is 0 Å². The third kappa shape index (κ3) is 4.24. The Kier molecular flexibility index (Phi) is 5.11. The Bertz CT molecular complexity index is 956. The Balaban J connectivity index is 1.98. The minimum Gasteiger partial charge on any atom is -0.365 e. The Hall–Kier alpha value is -2.97. The lowest BCUT2D eigenvalue weighted by atomic mass is 10.1. The Morgan fingerprint density at radius 2 is 1.85 bits per heavy atom. The van der Waals surface area contributed by atoms with Gasteiger partial charge in [0.2, 0.25) is 5.95 Å². The van der Waals surface area contributed by atoms with E-state index in [2.05, 4.69) is 25.6 Å². The fourth-order valence-electron chi connectivity index (χ4n) is 2.60. The van der Waals surface area contributed by atoms with Crippen LogP contribution in [-0.2, 0) is 12.7 Å². The van der Waals surface area contributed by atoms with Crippen molar-refractivity contribution in [1.82, 2.24) is 15.0 Å². The average Bonchev–Trinajstić information content (AvgIpc) is 2.59. The summed E-state index contributed by atoms with van der Waals surface area (Å²) in [5.74, 6) is -0.384. The molecule has 2 N–H and O–H groups in total. The maximum Gasteiger partial charge on any atom is 0.416 e. The number of fused-ring (bicyclic) bond motifs is 1. The van der Waals surface area contributed by atoms with Gasteiger partial charge in [-0.3, -0.25) is 0 Å². The zero-order valence-electron chi connectivity index (χ0n) is 14.6. The minimum atomic E-state index is -4.65. The van der Waals surface area contributed by atoms with Gasteiger partial charge in [-0.1, -0.05) is 6.07 Å². The first-order valence-electron chi connectivity index (χ1n) is 8.23. The number of rotatable bonds is 5. The van der Waals surface area contributed by atoms with Crippen LogP contribution in [0.15, 0.2) is 36.5 Å². The maximum absolute atomic E-state index is 14.1. The fourth-order valence-corrected chi connectivity index (χ4v) is 2.60. The Morgan fingerprint density at radius 1 is 1.07 bits per heavy atom. The molecule has 0 aliphatic rings. The van der Waals surface area contributed by atoms with Crippen molar-refractivity contribution >= 4 is 22.8 Å². The van der Waals surface area contributed by atoms with Crippen LogP contribution in [-0.4, -0.2) is 21.0 Å². The van der Waals surface area contributed by atoms with Gasteiger partial charge >= 0.3 is 6.18 Å². The van der Waals surface area contributed by atoms with E-state index in [0.717, 1.165) is 18.2 Å². The molecule has 2 heterocycles. The molecule has 0 radical (unpaired) electrons. The van der Waals surface area contributed by atoms with Crippen LogP contribution in [0.25, 0.3) is 11.0 Å². The Labute approximate surface area is 152 Å². The van der Waals surface area contributed by atoms with Crippen molar-refractivity contribution < 1.29 is 17.6 Å². The van der Waals surface area contributed by atoms with Crippen LogP contribution < -0.4 is 10.6 Å². The van der Waals surface area contributed by atoms with E-state index in [0.29, 0.717) is 11.0 Å². The zero-order chi connectivity index (χ0) is 19.6. The summed E-state index contributed by atoms with van der Waals surface area (Å²) in [4.78, 5) is 12.7. The number of benzene rings is 1. The van der Waals surface area contributed by atoms with E-state index in [1.807, 2.05) is 13.8 Å². The van der Waals surface area contributed by atoms with Gasteiger partial charge in [-0.25, -0.2) is 9.37 Å². The second-order valence-electron chi connectivity index (χ2n) is 6.19. The fraction of sp³-hybridized carbons (Fsp3) is 0.278. The summed E-state index contributed by atoms with van der Waals surface area (Å²) < 4.78 is 53.6. The maximum atomic E-state index is 14.1. The van der Waals surface area contributed by atoms with E-state index in [9.17, 15) is 17.6 Å². The minimum absolute atomic E-state index is 0.0439. The average molecular weight is 379 g/mol. The van der Waals surface area contributed by atoms with Gasteiger partial charge in [0.1, 0.15) is 11.6 Å². The summed E-state index contributed by atoms with van der Waals surface area (Å²) in [5, 5.41) is 6.35. The van der Waals surface area contributed by atoms with Crippen molar-refractivity contribution in [2.45, 2.75) is 32.6 Å². The summed E-state index contributed by atoms with van der Waals surface area (Å²) in [6.45, 7) is 3.41. The van der Waals surface area contributed by atoms with Gasteiger partial charge < -0.3 is 10.6 Å². The summed E-state index contributed by atoms with van der Waals surface area (Å²) in [5.41, 5.74) is -1.12. The molecule has 3 rings (SSSR count). The molecular weight excluding hydrogens is 362 g/mol. The summed E-state index contributed by atoms with van der Waals surface area (Å²) in [6, 6.07) is 6.29. The van der Waals surface area contributed by atoms with Crippen LogP contribution >= 0.6 is 0 Å². The molecule has 0 saturated heterocycles. The molecule has 0 spiro atoms. The molecule has 3 aromatic rings. The highest BCUT2D eigenvalue weighted by Crippen LogP contribution is 2.33. The molecule has 1 aromatic carbocycles. The molecular formula is C18H17F4N5. The van der Waals surface area contributed by atoms with Gasteiger partial charge in [0, 0.05) is 24.3 Å². The molecule has 0 aliphatic carbocycles. The number of nitrogens with zero attached hydrogens (tertiary/aromatic N) is 3. The highest BCUT2D eigenvalue weighted by Gasteiger charge is 2.34. The number of pyridine rings is 1. The third-order valence-corrected chi connectivity index (χ3v) is 3.75. The van der Waals surface area contributed by atoms with E-state index in [1.54, 1.807) is 18.3 Å². The lowest BCUT2D eigenvalue weighted by Gasteiger charge is -2.16. The van der Waals surface area contributed by atoms with E-state index in [-0.39, 0.29) is 24.4 Å². The Morgan fingerprint density at radius 3 is 2.56 bits per heavy atom. The first-order chi connectivity index (χ1) is 12.8. The lowest BCUT2D eigenvalue weighted by molar-refractivity contribution is -0.138. The van der Waals surface area contributed by atoms with Crippen LogP contribution in [0.2, 0.25) is 0 Å². The molecule has 142 valence electrons. The SMILES string of the molecule is CC(C)Nc1nc(NCc2c(F)cccc2C(F)(F)F)c2cccnc2n1. The first kappa shape index (κ1) is 18.8. The molecule has 0 amide bonds. The van der Waals surface area contributed by atoms with Crippen molar-refractivity contribution in [3.63, 3.8) is 0 Å². The smallest absolute Gasteiger partial charge is 0.365 e. The third-order valence-electron chi connectivity index (χ3n) is 3.75. The van der Waals surface area contributed by atoms with Crippen LogP contribution in [0.5, 0.6) is 0 Å². The van der Waals surface area contributed by atoms with Gasteiger partial charge in [-0.05, 0) is 38.1 Å². The van der Waals surface area contributed by atoms with Gasteiger partial charge in [-0.15, -0.1) is 0 Å². The first-order valence-corrected chi connectivity index (χ1v) is 8.23. The van der Waals surface area contributed by atoms with Crippen LogP contribution in [0, 0.1) is 5.82 Å². The molecule has 0 aliphatic heterocycles. The van der Waals surface area contributed by atoms with Crippen LogP contribution in [0.3, 0.4) is 0 Å². The molecule has 0 unspecified atom stereocenters. The van der Waals surface area contributed by atoms with Gasteiger partial charge in [0.05, 0.1) is 10.9 Å². The van der Waals surface area contributed by atoms with E-state index in [1.165, 1.54) is 0 Å². The molecule has 0 fully saturated rings. The quantitative estimate of drug-likeness (QED) is 0.634. The number of aromatic nitrogens is 3. The predicted octanol–water partition coefficient (Wildman–Crippen LogP) is 4.62. The molecule has 27 heavy (non-hydrogen) atoms. The number of hydrogen-bond donors (Lipinski definition) is 2. The molecule has 0 bridgehead atoms. The predicted molar refractivity (Wildman–Crippen MR) is 94.8 cm³/mol. The van der Waals surface area contributed by atoms with Crippen molar-refractivity contribution in [2.75, 3.05) is 10.6 Å². The molecule has 5 nitrogen and oxygen atoms in total. The molecule has 9 heteroatoms. The van der Waals surface area contributed by atoms with Gasteiger partial charge in [0.15, 0.2) is 5.65 Å². The number of halogens is 4. The van der Waals surface area contributed by atoms with E-state index < -0.39 is 23.1 Å². The zero-order valence-corrected chi connectivity index (χ0v) is 14.6. The number of nitrogens with one attached hydrogen (secondary N) is 2. The van der Waals surface area contributed by atoms with Crippen LogP contribution in [0.4, 0.5) is 29.3 Å². The lowest BCUT2D eigenvalue weighted by Crippen LogP contribution is -2.16. The number of hydrogen-bond acceptors (Lipinski definition) is 5. The highest BCUT2D eigenvalue weighted by atomic mass is 19.4. The second-order valence-corrected chi connectivity index (χ2v) is 6.19. The van der Waals surface area contributed by atoms with Crippen molar-refractivity contribution in [3.05, 3.63) is 53.5 Å². The number of anilines is 2. The summed E-state index contributed by atoms with van der Waals surface area (Å²) in [6.07, 6.45) is -3.10. The molecule has 0 saturated carbocycles. The van der Waals surface area contributed by atoms with Gasteiger partial charge in [0.25, 0.3) is 0 Å². The largest absolute Gasteiger partial charge is 0.416 e. The number of alkyl halides is 3. The van der Waals surface area contributed by atoms with Crippen LogP contribution in [0.1, 0.15) is 25.0 Å². The summed E-state index contributed by atoms with van der Waals surface area (Å²) >= 11 is 0. The topological polar surface area (TPSA) is 62.7 Å². The highest BCUT2D eigenvalue weighted by molar-refractivity contribution is 5.87. The molecule has 0 atom stereocenters.